The van der Waals surface area contributed by atoms with E-state index in [4.69, 9.17) is 35.4 Å². The molecule has 0 saturated carbocycles. The van der Waals surface area contributed by atoms with Crippen LogP contribution in [0.2, 0.25) is 10.0 Å². The van der Waals surface area contributed by atoms with E-state index in [2.05, 4.69) is 19.2 Å². The number of carbonyl (C=O) groups excluding carboxylic acids is 2. The maximum absolute atomic E-state index is 13.1. The lowest BCUT2D eigenvalue weighted by Crippen LogP contribution is -2.54. The highest BCUT2D eigenvalue weighted by Gasteiger charge is 2.34. The molecule has 0 spiro atoms. The number of rotatable bonds is 4. The zero-order valence-electron chi connectivity index (χ0n) is 15.7. The molecule has 1 saturated heterocycles. The van der Waals surface area contributed by atoms with Gasteiger partial charge in [-0.2, -0.15) is 0 Å². The van der Waals surface area contributed by atoms with Crippen molar-refractivity contribution in [2.45, 2.75) is 26.2 Å². The van der Waals surface area contributed by atoms with E-state index in [9.17, 15) is 14.7 Å². The number of aromatic hydroxyl groups is 1. The molecule has 150 valence electrons. The van der Waals surface area contributed by atoms with Gasteiger partial charge in [-0.15, -0.1) is 0 Å². The number of amides is 2. The van der Waals surface area contributed by atoms with Crippen LogP contribution in [0.15, 0.2) is 42.0 Å². The highest BCUT2D eigenvalue weighted by atomic mass is 35.5. The van der Waals surface area contributed by atoms with Gasteiger partial charge in [0.1, 0.15) is 11.3 Å². The van der Waals surface area contributed by atoms with Crippen molar-refractivity contribution < 1.29 is 14.7 Å². The van der Waals surface area contributed by atoms with Crippen LogP contribution in [0, 0.1) is 0 Å². The SMILES string of the molecule is CCC(C)c1ccc(N2C(=O)C(=Cc3cc(Cl)cc(Cl)c3O)C(=O)NC2=S)cc1. The van der Waals surface area contributed by atoms with Crippen LogP contribution >= 0.6 is 35.4 Å². The van der Waals surface area contributed by atoms with Crippen molar-refractivity contribution in [3.63, 3.8) is 0 Å². The van der Waals surface area contributed by atoms with Crippen LogP contribution in [-0.2, 0) is 9.59 Å². The molecule has 1 unspecified atom stereocenters. The molecule has 5 nitrogen and oxygen atoms in total. The highest BCUT2D eigenvalue weighted by Crippen LogP contribution is 2.33. The van der Waals surface area contributed by atoms with Gasteiger partial charge in [0.05, 0.1) is 10.7 Å². The number of benzene rings is 2. The Morgan fingerprint density at radius 3 is 2.48 bits per heavy atom. The number of phenolic OH excluding ortho intramolecular Hbond substituents is 1. The first kappa shape index (κ1) is 21.3. The van der Waals surface area contributed by atoms with E-state index in [0.29, 0.717) is 11.6 Å². The molecule has 0 aromatic heterocycles. The molecule has 2 N–H and O–H groups in total. The summed E-state index contributed by atoms with van der Waals surface area (Å²) in [5, 5.41) is 12.9. The first-order valence-corrected chi connectivity index (χ1v) is 10.1. The number of halogens is 2. The van der Waals surface area contributed by atoms with E-state index in [-0.39, 0.29) is 32.0 Å². The fourth-order valence-corrected chi connectivity index (χ4v) is 3.72. The predicted molar refractivity (Wildman–Crippen MR) is 119 cm³/mol. The average molecular weight is 449 g/mol. The molecule has 8 heteroatoms. The topological polar surface area (TPSA) is 69.6 Å². The Balaban J connectivity index is 2.01. The maximum atomic E-state index is 13.1. The second-order valence-electron chi connectivity index (χ2n) is 6.68. The zero-order valence-corrected chi connectivity index (χ0v) is 18.0. The number of nitrogens with one attached hydrogen (secondary N) is 1. The Morgan fingerprint density at radius 2 is 1.86 bits per heavy atom. The number of anilines is 1. The second-order valence-corrected chi connectivity index (χ2v) is 7.91. The summed E-state index contributed by atoms with van der Waals surface area (Å²) in [6.45, 7) is 4.22. The van der Waals surface area contributed by atoms with Gasteiger partial charge in [0.2, 0.25) is 0 Å². The van der Waals surface area contributed by atoms with Crippen molar-refractivity contribution in [3.05, 3.63) is 63.1 Å². The van der Waals surface area contributed by atoms with Crippen molar-refractivity contribution in [1.29, 1.82) is 0 Å². The molecule has 0 radical (unpaired) electrons. The molecule has 1 fully saturated rings. The third-order valence-corrected chi connectivity index (χ3v) is 5.58. The van der Waals surface area contributed by atoms with E-state index >= 15 is 0 Å². The average Bonchev–Trinajstić information content (AvgIpc) is 2.68. The minimum Gasteiger partial charge on any atom is -0.506 e. The Bertz CT molecular complexity index is 1030. The highest BCUT2D eigenvalue weighted by molar-refractivity contribution is 7.80. The minimum atomic E-state index is -0.664. The summed E-state index contributed by atoms with van der Waals surface area (Å²) in [5.41, 5.74) is 1.63. The zero-order chi connectivity index (χ0) is 21.3. The fraction of sp³-hybridized carbons (Fsp3) is 0.190. The molecule has 29 heavy (non-hydrogen) atoms. The molecule has 0 aliphatic carbocycles. The van der Waals surface area contributed by atoms with Gasteiger partial charge in [-0.05, 0) is 60.5 Å². The normalized spacial score (nSPS) is 16.9. The summed E-state index contributed by atoms with van der Waals surface area (Å²) in [4.78, 5) is 26.7. The van der Waals surface area contributed by atoms with Gasteiger partial charge in [0, 0.05) is 10.6 Å². The van der Waals surface area contributed by atoms with Gasteiger partial charge in [-0.3, -0.25) is 19.8 Å². The molecule has 2 amide bonds. The number of phenols is 1. The van der Waals surface area contributed by atoms with Crippen molar-refractivity contribution >= 4 is 64.1 Å². The van der Waals surface area contributed by atoms with Gasteiger partial charge in [0.15, 0.2) is 5.11 Å². The van der Waals surface area contributed by atoms with Gasteiger partial charge in [0.25, 0.3) is 11.8 Å². The van der Waals surface area contributed by atoms with Crippen LogP contribution in [-0.4, -0.2) is 22.0 Å². The number of carbonyl (C=O) groups is 2. The van der Waals surface area contributed by atoms with Crippen molar-refractivity contribution in [1.82, 2.24) is 5.32 Å². The van der Waals surface area contributed by atoms with E-state index in [1.165, 1.54) is 23.1 Å². The molecule has 1 atom stereocenters. The molecule has 2 aromatic carbocycles. The quantitative estimate of drug-likeness (QED) is 0.390. The number of hydrogen-bond donors (Lipinski definition) is 2. The van der Waals surface area contributed by atoms with E-state index in [0.717, 1.165) is 12.0 Å². The number of thiocarbonyl (C=S) groups is 1. The van der Waals surface area contributed by atoms with Crippen molar-refractivity contribution in [3.8, 4) is 5.75 Å². The summed E-state index contributed by atoms with van der Waals surface area (Å²) in [6.07, 6.45) is 2.24. The Morgan fingerprint density at radius 1 is 1.21 bits per heavy atom. The molecule has 0 bridgehead atoms. The fourth-order valence-electron chi connectivity index (χ4n) is 2.93. The Hall–Kier alpha value is -2.41. The molecular weight excluding hydrogens is 431 g/mol. The lowest BCUT2D eigenvalue weighted by atomic mass is 9.98. The molecular formula is C21H18Cl2N2O3S. The molecule has 1 aliphatic rings. The van der Waals surface area contributed by atoms with Gasteiger partial charge in [-0.1, -0.05) is 49.2 Å². The Kier molecular flexibility index (Phi) is 6.27. The second kappa shape index (κ2) is 8.53. The third-order valence-electron chi connectivity index (χ3n) is 4.79. The van der Waals surface area contributed by atoms with Crippen LogP contribution in [0.25, 0.3) is 6.08 Å². The lowest BCUT2D eigenvalue weighted by Gasteiger charge is -2.29. The number of nitrogens with zero attached hydrogens (tertiary/aromatic N) is 1. The summed E-state index contributed by atoms with van der Waals surface area (Å²) in [7, 11) is 0. The first-order valence-electron chi connectivity index (χ1n) is 8.92. The molecule has 1 heterocycles. The van der Waals surface area contributed by atoms with E-state index in [1.54, 1.807) is 12.1 Å². The van der Waals surface area contributed by atoms with Gasteiger partial charge >= 0.3 is 0 Å². The van der Waals surface area contributed by atoms with Crippen LogP contribution in [0.1, 0.15) is 37.3 Å². The molecule has 2 aromatic rings. The summed E-state index contributed by atoms with van der Waals surface area (Å²) in [6, 6.07) is 10.2. The van der Waals surface area contributed by atoms with Crippen molar-refractivity contribution in [2.24, 2.45) is 0 Å². The molecule has 3 rings (SSSR count). The number of hydrogen-bond acceptors (Lipinski definition) is 4. The lowest BCUT2D eigenvalue weighted by molar-refractivity contribution is -0.122. The maximum Gasteiger partial charge on any atom is 0.270 e. The smallest absolute Gasteiger partial charge is 0.270 e. The predicted octanol–water partition coefficient (Wildman–Crippen LogP) is 5.04. The third kappa shape index (κ3) is 4.29. The molecule has 1 aliphatic heterocycles. The van der Waals surface area contributed by atoms with Crippen molar-refractivity contribution in [2.75, 3.05) is 4.90 Å². The van der Waals surface area contributed by atoms with Crippen LogP contribution in [0.3, 0.4) is 0 Å². The Labute approximate surface area is 183 Å². The van der Waals surface area contributed by atoms with Crippen LogP contribution in [0.4, 0.5) is 5.69 Å². The van der Waals surface area contributed by atoms with Crippen LogP contribution in [0.5, 0.6) is 5.75 Å². The summed E-state index contributed by atoms with van der Waals surface area (Å²) >= 11 is 17.1. The van der Waals surface area contributed by atoms with E-state index < -0.39 is 11.8 Å². The van der Waals surface area contributed by atoms with Gasteiger partial charge < -0.3 is 5.11 Å². The largest absolute Gasteiger partial charge is 0.506 e. The van der Waals surface area contributed by atoms with Crippen LogP contribution < -0.4 is 10.2 Å². The summed E-state index contributed by atoms with van der Waals surface area (Å²) in [5.74, 6) is -1.16. The monoisotopic (exact) mass is 448 g/mol. The first-order chi connectivity index (χ1) is 13.7. The van der Waals surface area contributed by atoms with E-state index in [1.807, 2.05) is 12.1 Å². The standard InChI is InChI=1S/C21H18Cl2N2O3S/c1-3-11(2)12-4-6-15(7-5-12)25-20(28)16(19(27)24-21(25)29)9-13-8-14(22)10-17(23)18(13)26/h4-11,26H,3H2,1-2H3,(H,24,27,29). The van der Waals surface area contributed by atoms with Gasteiger partial charge in [-0.25, -0.2) is 0 Å². The summed E-state index contributed by atoms with van der Waals surface area (Å²) < 4.78 is 0. The minimum absolute atomic E-state index is 0.0122.